The van der Waals surface area contributed by atoms with Crippen molar-refractivity contribution in [1.29, 1.82) is 0 Å². The summed E-state index contributed by atoms with van der Waals surface area (Å²) in [5.74, 6) is 0.285. The smallest absolute Gasteiger partial charge is 0.289 e. The van der Waals surface area contributed by atoms with Crippen LogP contribution in [0.3, 0.4) is 0 Å². The molecule has 1 fully saturated rings. The van der Waals surface area contributed by atoms with Crippen molar-refractivity contribution >= 4 is 11.9 Å². The Labute approximate surface area is 145 Å². The highest BCUT2D eigenvalue weighted by Gasteiger charge is 2.22. The Hall–Kier alpha value is -2.64. The molecule has 0 saturated carbocycles. The Morgan fingerprint density at radius 1 is 1.36 bits per heavy atom. The largest absolute Gasteiger partial charge is 0.349 e. The molecule has 0 radical (unpaired) electrons. The number of hydrogen-bond donors (Lipinski definition) is 1. The molecule has 1 unspecified atom stereocenters. The van der Waals surface area contributed by atoms with Crippen LogP contribution in [0.15, 0.2) is 24.7 Å². The molecule has 7 nitrogen and oxygen atoms in total. The molecule has 1 amide bonds. The van der Waals surface area contributed by atoms with Crippen molar-refractivity contribution < 1.29 is 9.18 Å². The zero-order chi connectivity index (χ0) is 17.6. The molecular formula is C17H21FN6O. The molecule has 1 aliphatic heterocycles. The molecule has 0 spiro atoms. The summed E-state index contributed by atoms with van der Waals surface area (Å²) in [5.41, 5.74) is 0.957. The van der Waals surface area contributed by atoms with Crippen LogP contribution in [-0.4, -0.2) is 45.5 Å². The van der Waals surface area contributed by atoms with E-state index >= 15 is 0 Å². The van der Waals surface area contributed by atoms with Gasteiger partial charge < -0.3 is 10.2 Å². The Morgan fingerprint density at radius 2 is 2.16 bits per heavy atom. The predicted octanol–water partition coefficient (Wildman–Crippen LogP) is 1.75. The summed E-state index contributed by atoms with van der Waals surface area (Å²) in [6, 6.07) is 1.89. The molecule has 8 heteroatoms. The van der Waals surface area contributed by atoms with Gasteiger partial charge in [0.15, 0.2) is 5.82 Å². The third-order valence-electron chi connectivity index (χ3n) is 4.25. The number of nitrogens with one attached hydrogen (secondary N) is 1. The average Bonchev–Trinajstić information content (AvgIpc) is 2.62. The van der Waals surface area contributed by atoms with Crippen LogP contribution in [0, 0.1) is 18.7 Å². The van der Waals surface area contributed by atoms with Gasteiger partial charge >= 0.3 is 0 Å². The lowest BCUT2D eigenvalue weighted by Crippen LogP contribution is -2.38. The molecule has 1 aliphatic rings. The minimum atomic E-state index is -0.558. The first kappa shape index (κ1) is 17.2. The van der Waals surface area contributed by atoms with E-state index in [9.17, 15) is 9.18 Å². The molecular weight excluding hydrogens is 323 g/mol. The number of piperidine rings is 1. The van der Waals surface area contributed by atoms with Crippen molar-refractivity contribution in [2.75, 3.05) is 24.5 Å². The second-order valence-electron chi connectivity index (χ2n) is 6.22. The average molecular weight is 344 g/mol. The highest BCUT2D eigenvalue weighted by atomic mass is 19.1. The summed E-state index contributed by atoms with van der Waals surface area (Å²) < 4.78 is 12.8. The van der Waals surface area contributed by atoms with Crippen LogP contribution in [0.2, 0.25) is 0 Å². The maximum Gasteiger partial charge on any atom is 0.289 e. The normalized spacial score (nSPS) is 17.4. The van der Waals surface area contributed by atoms with E-state index in [1.807, 2.05) is 13.0 Å². The lowest BCUT2D eigenvalue weighted by molar-refractivity contribution is 0.0940. The minimum absolute atomic E-state index is 0.0140. The first-order valence-corrected chi connectivity index (χ1v) is 8.42. The predicted molar refractivity (Wildman–Crippen MR) is 90.6 cm³/mol. The van der Waals surface area contributed by atoms with Crippen molar-refractivity contribution in [1.82, 2.24) is 25.3 Å². The van der Waals surface area contributed by atoms with Crippen molar-refractivity contribution in [3.63, 3.8) is 0 Å². The molecule has 2 aromatic heterocycles. The second-order valence-corrected chi connectivity index (χ2v) is 6.22. The number of carbonyl (C=O) groups excluding carboxylic acids is 1. The van der Waals surface area contributed by atoms with E-state index in [0.717, 1.165) is 56.4 Å². The number of aromatic nitrogens is 4. The molecule has 0 bridgehead atoms. The molecule has 0 aliphatic carbocycles. The zero-order valence-electron chi connectivity index (χ0n) is 14.2. The van der Waals surface area contributed by atoms with Gasteiger partial charge in [-0.15, -0.1) is 0 Å². The first-order valence-electron chi connectivity index (χ1n) is 8.42. The maximum atomic E-state index is 12.8. The summed E-state index contributed by atoms with van der Waals surface area (Å²) in [7, 11) is 0. The van der Waals surface area contributed by atoms with Gasteiger partial charge in [0.1, 0.15) is 0 Å². The van der Waals surface area contributed by atoms with Crippen LogP contribution in [0.5, 0.6) is 0 Å². The van der Waals surface area contributed by atoms with Gasteiger partial charge in [-0.2, -0.15) is 0 Å². The van der Waals surface area contributed by atoms with Gasteiger partial charge in [-0.3, -0.25) is 4.79 Å². The summed E-state index contributed by atoms with van der Waals surface area (Å²) in [5, 5.41) is 2.79. The van der Waals surface area contributed by atoms with Crippen LogP contribution in [0.25, 0.3) is 0 Å². The Kier molecular flexibility index (Phi) is 5.47. The maximum absolute atomic E-state index is 12.8. The van der Waals surface area contributed by atoms with Crippen LogP contribution < -0.4 is 10.2 Å². The topological polar surface area (TPSA) is 83.9 Å². The zero-order valence-corrected chi connectivity index (χ0v) is 14.2. The lowest BCUT2D eigenvalue weighted by atomic mass is 9.95. The monoisotopic (exact) mass is 344 g/mol. The minimum Gasteiger partial charge on any atom is -0.349 e. The van der Waals surface area contributed by atoms with E-state index in [0.29, 0.717) is 12.5 Å². The standard InChI is InChI=1S/C17H21FN6O/c1-12-4-6-20-17(23-12)24-8-2-3-13(11-24)5-7-19-16(25)15-21-9-14(18)10-22-15/h4,6,9-10,13H,2-3,5,7-8,11H2,1H3,(H,19,25). The van der Waals surface area contributed by atoms with Gasteiger partial charge in [0.2, 0.25) is 11.8 Å². The van der Waals surface area contributed by atoms with E-state index in [4.69, 9.17) is 0 Å². The van der Waals surface area contributed by atoms with Gasteiger partial charge in [-0.1, -0.05) is 0 Å². The SMILES string of the molecule is Cc1ccnc(N2CCCC(CCNC(=O)c3ncc(F)cn3)C2)n1. The summed E-state index contributed by atoms with van der Waals surface area (Å²) >= 11 is 0. The number of carbonyl (C=O) groups is 1. The number of halogens is 1. The Morgan fingerprint density at radius 3 is 2.92 bits per heavy atom. The van der Waals surface area contributed by atoms with Crippen LogP contribution in [0.4, 0.5) is 10.3 Å². The highest BCUT2D eigenvalue weighted by molar-refractivity contribution is 5.90. The molecule has 2 aromatic rings. The van der Waals surface area contributed by atoms with Crippen molar-refractivity contribution in [2.24, 2.45) is 5.92 Å². The van der Waals surface area contributed by atoms with E-state index in [1.54, 1.807) is 6.20 Å². The van der Waals surface area contributed by atoms with Gasteiger partial charge in [0.05, 0.1) is 12.4 Å². The fourth-order valence-corrected chi connectivity index (χ4v) is 2.97. The molecule has 3 heterocycles. The van der Waals surface area contributed by atoms with Gasteiger partial charge in [-0.25, -0.2) is 24.3 Å². The van der Waals surface area contributed by atoms with Gasteiger partial charge in [0, 0.05) is 31.5 Å². The molecule has 0 aromatic carbocycles. The van der Waals surface area contributed by atoms with Crippen LogP contribution in [0.1, 0.15) is 35.6 Å². The van der Waals surface area contributed by atoms with E-state index in [1.165, 1.54) is 0 Å². The van der Waals surface area contributed by atoms with Gasteiger partial charge in [-0.05, 0) is 38.2 Å². The summed E-state index contributed by atoms with van der Waals surface area (Å²) in [6.45, 7) is 4.33. The Balaban J connectivity index is 1.48. The second kappa shape index (κ2) is 7.96. The highest BCUT2D eigenvalue weighted by Crippen LogP contribution is 2.22. The van der Waals surface area contributed by atoms with Gasteiger partial charge in [0.25, 0.3) is 5.91 Å². The lowest BCUT2D eigenvalue weighted by Gasteiger charge is -2.32. The van der Waals surface area contributed by atoms with E-state index < -0.39 is 5.82 Å². The summed E-state index contributed by atoms with van der Waals surface area (Å²) in [6.07, 6.45) is 6.81. The van der Waals surface area contributed by atoms with Crippen LogP contribution in [-0.2, 0) is 0 Å². The number of nitrogens with zero attached hydrogens (tertiary/aromatic N) is 5. The van der Waals surface area contributed by atoms with Crippen molar-refractivity contribution in [3.8, 4) is 0 Å². The van der Waals surface area contributed by atoms with E-state index in [-0.39, 0.29) is 11.7 Å². The Bertz CT molecular complexity index is 723. The molecule has 25 heavy (non-hydrogen) atoms. The van der Waals surface area contributed by atoms with E-state index in [2.05, 4.69) is 30.2 Å². The third-order valence-corrected chi connectivity index (χ3v) is 4.25. The van der Waals surface area contributed by atoms with Crippen molar-refractivity contribution in [2.45, 2.75) is 26.2 Å². The number of anilines is 1. The van der Waals surface area contributed by atoms with Crippen molar-refractivity contribution in [3.05, 3.63) is 42.0 Å². The molecule has 132 valence electrons. The third kappa shape index (κ3) is 4.68. The number of amides is 1. The fourth-order valence-electron chi connectivity index (χ4n) is 2.97. The fraction of sp³-hybridized carbons (Fsp3) is 0.471. The number of rotatable bonds is 5. The molecule has 1 atom stereocenters. The number of hydrogen-bond acceptors (Lipinski definition) is 6. The molecule has 1 saturated heterocycles. The molecule has 3 rings (SSSR count). The van der Waals surface area contributed by atoms with Crippen LogP contribution >= 0.6 is 0 Å². The quantitative estimate of drug-likeness (QED) is 0.890. The number of aryl methyl sites for hydroxylation is 1. The molecule has 1 N–H and O–H groups in total. The first-order chi connectivity index (χ1) is 12.1. The summed E-state index contributed by atoms with van der Waals surface area (Å²) in [4.78, 5) is 30.3.